The minimum absolute atomic E-state index is 0.00694. The van der Waals surface area contributed by atoms with E-state index in [2.05, 4.69) is 12.3 Å². The fraction of sp³-hybridized carbons (Fsp3) is 0.500. The van der Waals surface area contributed by atoms with Crippen LogP contribution in [0.4, 0.5) is 0 Å². The van der Waals surface area contributed by atoms with Crippen LogP contribution in [0.5, 0.6) is 0 Å². The number of carbonyl (C=O) groups excluding carboxylic acids is 1. The van der Waals surface area contributed by atoms with Crippen LogP contribution in [-0.2, 0) is 9.36 Å². The van der Waals surface area contributed by atoms with Crippen LogP contribution in [0.25, 0.3) is 0 Å². The summed E-state index contributed by atoms with van der Waals surface area (Å²) >= 11 is 0. The van der Waals surface area contributed by atoms with E-state index >= 15 is 0 Å². The highest BCUT2D eigenvalue weighted by molar-refractivity contribution is 7.51. The van der Waals surface area contributed by atoms with Gasteiger partial charge in [0.15, 0.2) is 0 Å². The van der Waals surface area contributed by atoms with Gasteiger partial charge in [-0.05, 0) is 12.5 Å². The Morgan fingerprint density at radius 3 is 2.00 bits per heavy atom. The second-order valence-electron chi connectivity index (χ2n) is 1.99. The van der Waals surface area contributed by atoms with Gasteiger partial charge in [-0.15, -0.1) is 0 Å². The zero-order valence-electron chi connectivity index (χ0n) is 6.93. The maximum Gasteiger partial charge on any atom is 0.325 e. The largest absolute Gasteiger partial charge is 0.366 e. The molecular formula is C6H14NO4P. The van der Waals surface area contributed by atoms with Gasteiger partial charge in [-0.25, -0.2) is 0 Å². The lowest BCUT2D eigenvalue weighted by molar-refractivity contribution is -0.113. The van der Waals surface area contributed by atoms with Crippen molar-refractivity contribution in [2.24, 2.45) is 5.73 Å². The van der Waals surface area contributed by atoms with Crippen LogP contribution in [0.2, 0.25) is 0 Å². The first-order chi connectivity index (χ1) is 5.33. The van der Waals surface area contributed by atoms with Gasteiger partial charge in [0.05, 0.1) is 0 Å². The van der Waals surface area contributed by atoms with Gasteiger partial charge in [0.1, 0.15) is 0 Å². The van der Waals surface area contributed by atoms with Gasteiger partial charge in [0.25, 0.3) is 0 Å². The molecule has 0 saturated heterocycles. The number of hydrogen-bond acceptors (Lipinski definition) is 2. The molecule has 0 heterocycles. The van der Waals surface area contributed by atoms with Gasteiger partial charge in [-0.1, -0.05) is 13.5 Å². The van der Waals surface area contributed by atoms with E-state index in [1.807, 2.05) is 0 Å². The van der Waals surface area contributed by atoms with Crippen molar-refractivity contribution >= 4 is 13.5 Å². The van der Waals surface area contributed by atoms with Crippen LogP contribution >= 0.6 is 7.60 Å². The highest BCUT2D eigenvalue weighted by Crippen LogP contribution is 2.34. The molecule has 0 bridgehead atoms. The number of amides is 1. The third-order valence-corrected chi connectivity index (χ3v) is 1.75. The SMILES string of the molecule is C=CC(N)=O.CCCP(=O)(O)O. The second-order valence-corrected chi connectivity index (χ2v) is 3.77. The molecule has 0 unspecified atom stereocenters. The normalized spacial score (nSPS) is 9.58. The summed E-state index contributed by atoms with van der Waals surface area (Å²) in [6, 6.07) is 0. The quantitative estimate of drug-likeness (QED) is 0.443. The highest BCUT2D eigenvalue weighted by atomic mass is 31.2. The standard InChI is InChI=1S/C3H5NO.C3H9O3P/c1-2-3(4)5;1-2-3-7(4,5)6/h2H,1H2,(H2,4,5);2-3H2,1H3,(H2,4,5,6). The van der Waals surface area contributed by atoms with E-state index in [1.165, 1.54) is 0 Å². The molecule has 0 aliphatic rings. The van der Waals surface area contributed by atoms with E-state index in [0.717, 1.165) is 6.08 Å². The molecule has 0 aromatic rings. The number of rotatable bonds is 3. The van der Waals surface area contributed by atoms with Gasteiger partial charge in [-0.2, -0.15) is 0 Å². The summed E-state index contributed by atoms with van der Waals surface area (Å²) in [6.07, 6.45) is 1.61. The summed E-state index contributed by atoms with van der Waals surface area (Å²) < 4.78 is 9.93. The molecule has 0 spiro atoms. The maximum absolute atomic E-state index is 9.93. The Morgan fingerprint density at radius 2 is 2.00 bits per heavy atom. The molecule has 6 heteroatoms. The lowest BCUT2D eigenvalue weighted by Gasteiger charge is -1.96. The summed E-state index contributed by atoms with van der Waals surface area (Å²) in [7, 11) is -3.67. The van der Waals surface area contributed by atoms with Crippen LogP contribution in [0.3, 0.4) is 0 Å². The zero-order chi connectivity index (χ0) is 10.2. The fourth-order valence-corrected chi connectivity index (χ4v) is 0.874. The predicted octanol–water partition coefficient (Wildman–Crippen LogP) is 0.232. The van der Waals surface area contributed by atoms with E-state index in [4.69, 9.17) is 9.79 Å². The Balaban J connectivity index is 0. The number of carbonyl (C=O) groups is 1. The van der Waals surface area contributed by atoms with Crippen molar-refractivity contribution in [3.8, 4) is 0 Å². The molecule has 0 aromatic heterocycles. The topological polar surface area (TPSA) is 101 Å². The molecule has 0 saturated carbocycles. The van der Waals surface area contributed by atoms with E-state index in [9.17, 15) is 9.36 Å². The number of hydrogen-bond donors (Lipinski definition) is 3. The first-order valence-electron chi connectivity index (χ1n) is 3.30. The molecule has 4 N–H and O–H groups in total. The van der Waals surface area contributed by atoms with Crippen LogP contribution in [-0.4, -0.2) is 21.9 Å². The minimum Gasteiger partial charge on any atom is -0.366 e. The van der Waals surface area contributed by atoms with Crippen LogP contribution in [0.15, 0.2) is 12.7 Å². The Hall–Kier alpha value is -0.640. The lowest BCUT2D eigenvalue weighted by atomic mass is 10.6. The first-order valence-corrected chi connectivity index (χ1v) is 5.09. The Kier molecular flexibility index (Phi) is 8.16. The Bertz CT molecular complexity index is 186. The molecule has 0 aliphatic carbocycles. The van der Waals surface area contributed by atoms with Crippen molar-refractivity contribution in [1.82, 2.24) is 0 Å². The first kappa shape index (κ1) is 13.9. The summed E-state index contributed by atoms with van der Waals surface area (Å²) in [5.41, 5.74) is 4.53. The average Bonchev–Trinajstić information content (AvgIpc) is 1.86. The summed E-state index contributed by atoms with van der Waals surface area (Å²) in [4.78, 5) is 25.7. The van der Waals surface area contributed by atoms with Crippen LogP contribution in [0.1, 0.15) is 13.3 Å². The molecular weight excluding hydrogens is 181 g/mol. The average molecular weight is 195 g/mol. The van der Waals surface area contributed by atoms with Crippen LogP contribution < -0.4 is 5.73 Å². The molecule has 12 heavy (non-hydrogen) atoms. The van der Waals surface area contributed by atoms with Gasteiger partial charge < -0.3 is 15.5 Å². The molecule has 0 radical (unpaired) electrons. The van der Waals surface area contributed by atoms with Gasteiger partial charge in [0.2, 0.25) is 5.91 Å². The minimum atomic E-state index is -3.67. The zero-order valence-corrected chi connectivity index (χ0v) is 7.83. The van der Waals surface area contributed by atoms with Crippen LogP contribution in [0, 0.1) is 0 Å². The molecule has 0 atom stereocenters. The Morgan fingerprint density at radius 1 is 1.67 bits per heavy atom. The van der Waals surface area contributed by atoms with Crippen molar-refractivity contribution in [1.29, 1.82) is 0 Å². The number of nitrogens with two attached hydrogens (primary N) is 1. The van der Waals surface area contributed by atoms with E-state index in [1.54, 1.807) is 6.92 Å². The smallest absolute Gasteiger partial charge is 0.325 e. The molecule has 0 rings (SSSR count). The van der Waals surface area contributed by atoms with E-state index in [0.29, 0.717) is 6.42 Å². The highest BCUT2D eigenvalue weighted by Gasteiger charge is 2.08. The fourth-order valence-electron chi connectivity index (χ4n) is 0.291. The molecule has 0 fully saturated rings. The second kappa shape index (κ2) is 7.03. The van der Waals surface area contributed by atoms with E-state index < -0.39 is 13.5 Å². The summed E-state index contributed by atoms with van der Waals surface area (Å²) in [6.45, 7) is 4.82. The van der Waals surface area contributed by atoms with Crippen molar-refractivity contribution in [3.63, 3.8) is 0 Å². The maximum atomic E-state index is 9.93. The molecule has 5 nitrogen and oxygen atoms in total. The van der Waals surface area contributed by atoms with Crippen molar-refractivity contribution in [2.75, 3.05) is 6.16 Å². The molecule has 0 aromatic carbocycles. The predicted molar refractivity (Wildman–Crippen MR) is 46.6 cm³/mol. The van der Waals surface area contributed by atoms with Gasteiger partial charge >= 0.3 is 7.60 Å². The Labute approximate surface area is 71.4 Å². The molecule has 1 amide bonds. The van der Waals surface area contributed by atoms with E-state index in [-0.39, 0.29) is 6.16 Å². The number of primary amides is 1. The summed E-state index contributed by atoms with van der Waals surface area (Å²) in [5.74, 6) is -0.481. The lowest BCUT2D eigenvalue weighted by Crippen LogP contribution is -2.04. The monoisotopic (exact) mass is 195 g/mol. The van der Waals surface area contributed by atoms with Crippen molar-refractivity contribution in [2.45, 2.75) is 13.3 Å². The van der Waals surface area contributed by atoms with Gasteiger partial charge in [-0.3, -0.25) is 9.36 Å². The molecule has 72 valence electrons. The molecule has 0 aliphatic heterocycles. The van der Waals surface area contributed by atoms with Gasteiger partial charge in [0, 0.05) is 6.16 Å². The third kappa shape index (κ3) is 22.8. The third-order valence-electron chi connectivity index (χ3n) is 0.716. The van der Waals surface area contributed by atoms with Crippen molar-refractivity contribution < 1.29 is 19.1 Å². The summed E-state index contributed by atoms with van der Waals surface area (Å²) in [5, 5.41) is 0. The van der Waals surface area contributed by atoms with Crippen molar-refractivity contribution in [3.05, 3.63) is 12.7 Å².